The summed E-state index contributed by atoms with van der Waals surface area (Å²) in [6, 6.07) is 0. The van der Waals surface area contributed by atoms with E-state index >= 15 is 0 Å². The lowest BCUT2D eigenvalue weighted by molar-refractivity contribution is 1.50. The summed E-state index contributed by atoms with van der Waals surface area (Å²) in [5, 5.41) is 0. The Hall–Kier alpha value is -0.440. The Morgan fingerprint density at radius 1 is 0.778 bits per heavy atom. The molecule has 0 heteroatoms. The molecule has 0 spiro atoms. The van der Waals surface area contributed by atoms with Crippen LogP contribution in [-0.4, -0.2) is 0 Å². The van der Waals surface area contributed by atoms with Gasteiger partial charge in [0, 0.05) is 0 Å². The zero-order valence-electron chi connectivity index (χ0n) is 7.12. The molecule has 0 N–H and O–H groups in total. The fourth-order valence-electron chi connectivity index (χ4n) is 0. The Morgan fingerprint density at radius 2 is 1.00 bits per heavy atom. The molecule has 54 valence electrons. The van der Waals surface area contributed by atoms with Crippen molar-refractivity contribution in [2.24, 2.45) is 0 Å². The van der Waals surface area contributed by atoms with Crippen LogP contribution in [0.25, 0.3) is 0 Å². The van der Waals surface area contributed by atoms with Crippen molar-refractivity contribution >= 4 is 0 Å². The number of hydrogen-bond donors (Lipinski definition) is 0. The van der Waals surface area contributed by atoms with Crippen LogP contribution in [0.5, 0.6) is 0 Å². The highest BCUT2D eigenvalue weighted by Crippen LogP contribution is 2.14. The maximum absolute atomic E-state index is 2.68. The minimum absolute atomic E-state index is 1.50. The summed E-state index contributed by atoms with van der Waals surface area (Å²) in [6.45, 7) is 7.64. The van der Waals surface area contributed by atoms with Gasteiger partial charge in [-0.25, -0.2) is 0 Å². The summed E-state index contributed by atoms with van der Waals surface area (Å²) >= 11 is 0. The van der Waals surface area contributed by atoms with Crippen LogP contribution in [0.3, 0.4) is 0 Å². The molecule has 1 aliphatic carbocycles. The molecule has 0 heterocycles. The van der Waals surface area contributed by atoms with Gasteiger partial charge in [-0.05, 0) is 13.8 Å². The average Bonchev–Trinajstić information content (AvgIpc) is 2.77. The van der Waals surface area contributed by atoms with Crippen molar-refractivity contribution in [3.63, 3.8) is 0 Å². The molecular formula is C9H18. The first kappa shape index (κ1) is 11.4. The van der Waals surface area contributed by atoms with E-state index < -0.39 is 0 Å². The molecular weight excluding hydrogens is 108 g/mol. The fourth-order valence-corrected chi connectivity index (χ4v) is 0. The van der Waals surface area contributed by atoms with Gasteiger partial charge in [0.15, 0.2) is 0 Å². The van der Waals surface area contributed by atoms with E-state index in [1.165, 1.54) is 19.3 Å². The predicted octanol–water partition coefficient (Wildman–Crippen LogP) is 3.23. The number of hydrogen-bond acceptors (Lipinski definition) is 0. The van der Waals surface area contributed by atoms with Gasteiger partial charge in [0.2, 0.25) is 0 Å². The normalized spacial score (nSPS) is 10.2. The third kappa shape index (κ3) is 96.0. The van der Waals surface area contributed by atoms with Crippen LogP contribution in [0.4, 0.5) is 0 Å². The molecule has 0 radical (unpaired) electrons. The Labute approximate surface area is 59.7 Å². The van der Waals surface area contributed by atoms with Gasteiger partial charge < -0.3 is 0 Å². The molecule has 0 aromatic heterocycles. The van der Waals surface area contributed by atoms with E-state index in [1.807, 2.05) is 27.7 Å². The molecule has 0 aliphatic heterocycles. The molecule has 1 rings (SSSR count). The SMILES string of the molecule is C1CC1.CC.CC#CC. The average molecular weight is 126 g/mol. The first-order valence-corrected chi connectivity index (χ1v) is 3.75. The third-order valence-corrected chi connectivity index (χ3v) is 0.604. The van der Waals surface area contributed by atoms with E-state index in [4.69, 9.17) is 0 Å². The lowest BCUT2D eigenvalue weighted by Crippen LogP contribution is -1.28. The van der Waals surface area contributed by atoms with Crippen molar-refractivity contribution in [2.75, 3.05) is 0 Å². The van der Waals surface area contributed by atoms with Gasteiger partial charge in [0.25, 0.3) is 0 Å². The highest BCUT2D eigenvalue weighted by atomic mass is 14.0. The summed E-state index contributed by atoms with van der Waals surface area (Å²) in [6.07, 6.45) is 4.50. The zero-order chi connectivity index (χ0) is 7.54. The van der Waals surface area contributed by atoms with Gasteiger partial charge in [-0.3, -0.25) is 0 Å². The molecule has 0 atom stereocenters. The van der Waals surface area contributed by atoms with Crippen molar-refractivity contribution < 1.29 is 0 Å². The summed E-state index contributed by atoms with van der Waals surface area (Å²) in [7, 11) is 0. The molecule has 0 nitrogen and oxygen atoms in total. The Bertz CT molecular complexity index is 61.0. The zero-order valence-corrected chi connectivity index (χ0v) is 7.12. The van der Waals surface area contributed by atoms with E-state index in [1.54, 1.807) is 0 Å². The van der Waals surface area contributed by atoms with Gasteiger partial charge >= 0.3 is 0 Å². The van der Waals surface area contributed by atoms with Crippen molar-refractivity contribution in [3.8, 4) is 11.8 Å². The molecule has 0 saturated heterocycles. The molecule has 0 unspecified atom stereocenters. The van der Waals surface area contributed by atoms with E-state index in [-0.39, 0.29) is 0 Å². The smallest absolute Gasteiger partial charge is 0.00271 e. The highest BCUT2D eigenvalue weighted by molar-refractivity contribution is 4.89. The van der Waals surface area contributed by atoms with Gasteiger partial charge in [-0.2, -0.15) is 0 Å². The summed E-state index contributed by atoms with van der Waals surface area (Å²) in [5.74, 6) is 5.36. The molecule has 1 saturated carbocycles. The standard InChI is InChI=1S/C4H6.C3H6.C2H6/c1-3-4-2;1-2-3-1;1-2/h1-2H3;1-3H2;1-2H3. The first-order chi connectivity index (χ1) is 4.41. The van der Waals surface area contributed by atoms with Crippen LogP contribution in [0.1, 0.15) is 47.0 Å². The molecule has 0 bridgehead atoms. The summed E-state index contributed by atoms with van der Waals surface area (Å²) < 4.78 is 0. The topological polar surface area (TPSA) is 0 Å². The van der Waals surface area contributed by atoms with Crippen molar-refractivity contribution in [1.82, 2.24) is 0 Å². The van der Waals surface area contributed by atoms with Crippen LogP contribution >= 0.6 is 0 Å². The van der Waals surface area contributed by atoms with E-state index in [0.717, 1.165) is 0 Å². The van der Waals surface area contributed by atoms with E-state index in [0.29, 0.717) is 0 Å². The highest BCUT2D eigenvalue weighted by Gasteiger charge is 1.95. The minimum atomic E-state index is 1.50. The molecule has 0 amide bonds. The van der Waals surface area contributed by atoms with Gasteiger partial charge in [0.05, 0.1) is 0 Å². The molecule has 1 aliphatic rings. The van der Waals surface area contributed by atoms with Crippen molar-refractivity contribution in [3.05, 3.63) is 0 Å². The van der Waals surface area contributed by atoms with Crippen LogP contribution < -0.4 is 0 Å². The summed E-state index contributed by atoms with van der Waals surface area (Å²) in [5.41, 5.74) is 0. The molecule has 1 fully saturated rings. The van der Waals surface area contributed by atoms with Crippen LogP contribution in [0.2, 0.25) is 0 Å². The maximum atomic E-state index is 2.68. The second-order valence-electron chi connectivity index (χ2n) is 1.56. The third-order valence-electron chi connectivity index (χ3n) is 0.604. The lowest BCUT2D eigenvalue weighted by atomic mass is 10.7. The van der Waals surface area contributed by atoms with Crippen molar-refractivity contribution in [2.45, 2.75) is 47.0 Å². The van der Waals surface area contributed by atoms with Crippen LogP contribution in [-0.2, 0) is 0 Å². The Morgan fingerprint density at radius 3 is 1.00 bits per heavy atom. The first-order valence-electron chi connectivity index (χ1n) is 3.75. The largest absolute Gasteiger partial charge is 0.107 e. The van der Waals surface area contributed by atoms with E-state index in [9.17, 15) is 0 Å². The monoisotopic (exact) mass is 126 g/mol. The number of rotatable bonds is 0. The second kappa shape index (κ2) is 15.6. The predicted molar refractivity (Wildman–Crippen MR) is 44.3 cm³/mol. The van der Waals surface area contributed by atoms with Crippen LogP contribution in [0.15, 0.2) is 0 Å². The van der Waals surface area contributed by atoms with Gasteiger partial charge in [-0.15, -0.1) is 11.8 Å². The Balaban J connectivity index is 0. The fraction of sp³-hybridized carbons (Fsp3) is 0.778. The molecule has 0 aromatic rings. The van der Waals surface area contributed by atoms with Crippen molar-refractivity contribution in [1.29, 1.82) is 0 Å². The van der Waals surface area contributed by atoms with Crippen LogP contribution in [0, 0.1) is 11.8 Å². The maximum Gasteiger partial charge on any atom is -0.00271 e. The second-order valence-corrected chi connectivity index (χ2v) is 1.56. The Kier molecular flexibility index (Phi) is 19.8. The minimum Gasteiger partial charge on any atom is -0.107 e. The van der Waals surface area contributed by atoms with Gasteiger partial charge in [0.1, 0.15) is 0 Å². The molecule has 0 aromatic carbocycles. The lowest BCUT2D eigenvalue weighted by Gasteiger charge is -1.40. The molecule has 9 heavy (non-hydrogen) atoms. The van der Waals surface area contributed by atoms with E-state index in [2.05, 4.69) is 11.8 Å². The quantitative estimate of drug-likeness (QED) is 0.437. The summed E-state index contributed by atoms with van der Waals surface area (Å²) in [4.78, 5) is 0. The van der Waals surface area contributed by atoms with Gasteiger partial charge in [-0.1, -0.05) is 33.1 Å².